The third-order valence-electron chi connectivity index (χ3n) is 7.06. The Morgan fingerprint density at radius 3 is 2.37 bits per heavy atom. The topological polar surface area (TPSA) is 93.9 Å². The number of nitrogens with two attached hydrogens (primary N) is 1. The molecule has 8 heteroatoms. The number of aldehydes is 1. The lowest BCUT2D eigenvalue weighted by Gasteiger charge is -2.31. The third-order valence-corrected chi connectivity index (χ3v) is 7.38. The standard InChI is InChI=1S/C22H34N2O3.C8H10ClNO/c1-17-15-20(18(2)26)22(27-3)16-21(17)23-10-4-5-11-24-12-8-19(9-13-24)7-6-14-25;1-5-3-6(9)7(10)4-8(5)11-2/h14-16,19,23H,4-13H2,1-3H3;3-4H,10H2,1-2H3. The van der Waals surface area contributed by atoms with Crippen LogP contribution in [0, 0.1) is 19.8 Å². The predicted octanol–water partition coefficient (Wildman–Crippen LogP) is 6.33. The summed E-state index contributed by atoms with van der Waals surface area (Å²) >= 11 is 5.76. The van der Waals surface area contributed by atoms with E-state index in [1.165, 1.54) is 32.4 Å². The molecule has 1 aliphatic rings. The van der Waals surface area contributed by atoms with Gasteiger partial charge >= 0.3 is 0 Å². The number of Topliss-reactive ketones (excluding diaryl/α,β-unsaturated/α-hetero) is 1. The Kier molecular flexibility index (Phi) is 13.4. The van der Waals surface area contributed by atoms with E-state index in [1.54, 1.807) is 33.3 Å². The minimum absolute atomic E-state index is 0.0245. The highest BCUT2D eigenvalue weighted by Gasteiger charge is 2.18. The van der Waals surface area contributed by atoms with Crippen molar-refractivity contribution in [2.75, 3.05) is 51.4 Å². The molecule has 0 amide bonds. The van der Waals surface area contributed by atoms with Crippen molar-refractivity contribution in [2.24, 2.45) is 5.92 Å². The van der Waals surface area contributed by atoms with E-state index in [2.05, 4.69) is 10.2 Å². The number of benzene rings is 2. The molecule has 2 aromatic carbocycles. The van der Waals surface area contributed by atoms with E-state index < -0.39 is 0 Å². The van der Waals surface area contributed by atoms with Crippen molar-refractivity contribution in [1.82, 2.24) is 4.90 Å². The van der Waals surface area contributed by atoms with Gasteiger partial charge in [-0.3, -0.25) is 4.79 Å². The van der Waals surface area contributed by atoms with Gasteiger partial charge in [-0.1, -0.05) is 11.6 Å². The first kappa shape index (κ1) is 31.4. The Bertz CT molecular complexity index is 1050. The number of methoxy groups -OCH3 is 2. The molecule has 210 valence electrons. The van der Waals surface area contributed by atoms with Crippen molar-refractivity contribution < 1.29 is 19.1 Å². The zero-order valence-corrected chi connectivity index (χ0v) is 24.3. The van der Waals surface area contributed by atoms with Crippen molar-refractivity contribution >= 4 is 35.0 Å². The Labute approximate surface area is 233 Å². The number of carbonyl (C=O) groups excluding carboxylic acids is 2. The van der Waals surface area contributed by atoms with E-state index in [0.717, 1.165) is 60.7 Å². The Balaban J connectivity index is 0.000000384. The summed E-state index contributed by atoms with van der Waals surface area (Å²) < 4.78 is 10.4. The number of aryl methyl sites for hydroxylation is 2. The van der Waals surface area contributed by atoms with Crippen molar-refractivity contribution in [3.05, 3.63) is 46.0 Å². The summed E-state index contributed by atoms with van der Waals surface area (Å²) in [6.07, 6.45) is 7.57. The fraction of sp³-hybridized carbons (Fsp3) is 0.533. The van der Waals surface area contributed by atoms with Gasteiger partial charge in [-0.2, -0.15) is 0 Å². The van der Waals surface area contributed by atoms with Crippen molar-refractivity contribution in [1.29, 1.82) is 0 Å². The van der Waals surface area contributed by atoms with Crippen molar-refractivity contribution in [3.8, 4) is 11.5 Å². The van der Waals surface area contributed by atoms with Crippen molar-refractivity contribution in [2.45, 2.75) is 59.3 Å². The zero-order chi connectivity index (χ0) is 28.1. The van der Waals surface area contributed by atoms with Crippen LogP contribution in [0.1, 0.15) is 66.9 Å². The second-order valence-corrected chi connectivity index (χ2v) is 10.3. The number of hydrogen-bond acceptors (Lipinski definition) is 7. The van der Waals surface area contributed by atoms with Gasteiger partial charge in [-0.05, 0) is 102 Å². The fourth-order valence-corrected chi connectivity index (χ4v) is 4.92. The maximum atomic E-state index is 11.7. The van der Waals surface area contributed by atoms with Crippen LogP contribution in [0.2, 0.25) is 5.02 Å². The van der Waals surface area contributed by atoms with Gasteiger partial charge in [0.15, 0.2) is 5.78 Å². The molecule has 0 aromatic heterocycles. The van der Waals surface area contributed by atoms with Gasteiger partial charge in [0.05, 0.1) is 30.5 Å². The van der Waals surface area contributed by atoms with E-state index in [-0.39, 0.29) is 5.78 Å². The van der Waals surface area contributed by atoms with E-state index in [0.29, 0.717) is 28.4 Å². The fourth-order valence-electron chi connectivity index (χ4n) is 4.70. The molecule has 3 rings (SSSR count). The van der Waals surface area contributed by atoms with Crippen LogP contribution in [0.4, 0.5) is 11.4 Å². The van der Waals surface area contributed by atoms with E-state index >= 15 is 0 Å². The molecule has 1 fully saturated rings. The molecular weight excluding hydrogens is 502 g/mol. The largest absolute Gasteiger partial charge is 0.496 e. The van der Waals surface area contributed by atoms with E-state index in [1.807, 2.05) is 26.0 Å². The van der Waals surface area contributed by atoms with Crippen LogP contribution in [0.15, 0.2) is 24.3 Å². The Morgan fingerprint density at radius 1 is 1.08 bits per heavy atom. The number of ether oxygens (including phenoxy) is 2. The molecule has 38 heavy (non-hydrogen) atoms. The number of carbonyl (C=O) groups is 2. The minimum atomic E-state index is 0.0245. The molecular formula is C30H44ClN3O4. The van der Waals surface area contributed by atoms with Gasteiger partial charge in [-0.15, -0.1) is 0 Å². The number of halogens is 1. The summed E-state index contributed by atoms with van der Waals surface area (Å²) in [6.45, 7) is 9.90. The van der Waals surface area contributed by atoms with E-state index in [4.69, 9.17) is 26.8 Å². The first-order valence-electron chi connectivity index (χ1n) is 13.4. The van der Waals surface area contributed by atoms with E-state index in [9.17, 15) is 9.59 Å². The summed E-state index contributed by atoms with van der Waals surface area (Å²) in [5.41, 5.74) is 9.83. The van der Waals surface area contributed by atoms with Gasteiger partial charge in [0.25, 0.3) is 0 Å². The molecule has 7 nitrogen and oxygen atoms in total. The summed E-state index contributed by atoms with van der Waals surface area (Å²) in [4.78, 5) is 24.7. The maximum absolute atomic E-state index is 11.7. The van der Waals surface area contributed by atoms with Gasteiger partial charge < -0.3 is 30.2 Å². The first-order chi connectivity index (χ1) is 18.2. The molecule has 0 spiro atoms. The number of rotatable bonds is 12. The van der Waals surface area contributed by atoms with Gasteiger partial charge in [0, 0.05) is 30.8 Å². The highest BCUT2D eigenvalue weighted by Crippen LogP contribution is 2.28. The predicted molar refractivity (Wildman–Crippen MR) is 157 cm³/mol. The molecule has 0 unspecified atom stereocenters. The van der Waals surface area contributed by atoms with Crippen LogP contribution in [0.5, 0.6) is 11.5 Å². The molecule has 0 bridgehead atoms. The van der Waals surface area contributed by atoms with Crippen LogP contribution in [0.3, 0.4) is 0 Å². The van der Waals surface area contributed by atoms with Crippen LogP contribution in [-0.2, 0) is 4.79 Å². The molecule has 0 radical (unpaired) electrons. The average Bonchev–Trinajstić information content (AvgIpc) is 2.90. The van der Waals surface area contributed by atoms with Crippen molar-refractivity contribution in [3.63, 3.8) is 0 Å². The quantitative estimate of drug-likeness (QED) is 0.139. The number of nitrogens with one attached hydrogen (secondary N) is 1. The van der Waals surface area contributed by atoms with Crippen LogP contribution < -0.4 is 20.5 Å². The number of anilines is 2. The first-order valence-corrected chi connectivity index (χ1v) is 13.8. The molecule has 1 heterocycles. The monoisotopic (exact) mass is 545 g/mol. The van der Waals surface area contributed by atoms with Crippen LogP contribution in [-0.4, -0.2) is 57.4 Å². The molecule has 1 saturated heterocycles. The highest BCUT2D eigenvalue weighted by molar-refractivity contribution is 6.33. The normalized spacial score (nSPS) is 13.8. The average molecular weight is 546 g/mol. The lowest BCUT2D eigenvalue weighted by Crippen LogP contribution is -2.34. The van der Waals surface area contributed by atoms with Crippen LogP contribution >= 0.6 is 11.6 Å². The minimum Gasteiger partial charge on any atom is -0.496 e. The summed E-state index contributed by atoms with van der Waals surface area (Å²) in [5.74, 6) is 2.17. The van der Waals surface area contributed by atoms with Gasteiger partial charge in [-0.25, -0.2) is 0 Å². The summed E-state index contributed by atoms with van der Waals surface area (Å²) in [6, 6.07) is 7.34. The number of ketones is 1. The number of nitrogen functional groups attached to an aromatic ring is 1. The molecule has 0 atom stereocenters. The maximum Gasteiger partial charge on any atom is 0.163 e. The Morgan fingerprint density at radius 2 is 1.76 bits per heavy atom. The molecule has 1 aliphatic heterocycles. The summed E-state index contributed by atoms with van der Waals surface area (Å²) in [5, 5.41) is 4.05. The van der Waals surface area contributed by atoms with Gasteiger partial charge in [0.2, 0.25) is 0 Å². The lowest BCUT2D eigenvalue weighted by atomic mass is 9.92. The smallest absolute Gasteiger partial charge is 0.163 e. The number of piperidine rings is 1. The second kappa shape index (κ2) is 16.2. The van der Waals surface area contributed by atoms with Gasteiger partial charge in [0.1, 0.15) is 17.8 Å². The third kappa shape index (κ3) is 9.84. The molecule has 0 aliphatic carbocycles. The second-order valence-electron chi connectivity index (χ2n) is 9.93. The molecule has 2 aromatic rings. The zero-order valence-electron chi connectivity index (χ0n) is 23.6. The number of nitrogens with zero attached hydrogens (tertiary/aromatic N) is 1. The SMILES string of the molecule is COc1cc(N)c(Cl)cc1C.COc1cc(NCCCCN2CCC(CCC=O)CC2)c(C)cc1C(C)=O. The highest BCUT2D eigenvalue weighted by atomic mass is 35.5. The Hall–Kier alpha value is -2.77. The number of hydrogen-bond donors (Lipinski definition) is 2. The molecule has 3 N–H and O–H groups in total. The number of unbranched alkanes of at least 4 members (excludes halogenated alkanes) is 1. The van der Waals surface area contributed by atoms with Crippen LogP contribution in [0.25, 0.3) is 0 Å². The molecule has 0 saturated carbocycles. The lowest BCUT2D eigenvalue weighted by molar-refractivity contribution is -0.108. The number of likely N-dealkylation sites (tertiary alicyclic amines) is 1. The summed E-state index contributed by atoms with van der Waals surface area (Å²) in [7, 11) is 3.21.